The lowest BCUT2D eigenvalue weighted by Crippen LogP contribution is -2.31. The van der Waals surface area contributed by atoms with Crippen LogP contribution in [0.1, 0.15) is 19.6 Å². The molecule has 1 amide bonds. The molecule has 25 heavy (non-hydrogen) atoms. The Hall–Kier alpha value is -1.27. The Bertz CT molecular complexity index is 874. The van der Waals surface area contributed by atoms with Crippen LogP contribution in [0.2, 0.25) is 10.0 Å². The lowest BCUT2D eigenvalue weighted by molar-refractivity contribution is -0.122. The first-order chi connectivity index (χ1) is 11.8. The Balaban J connectivity index is 1.83. The first kappa shape index (κ1) is 18.5. The van der Waals surface area contributed by atoms with Crippen LogP contribution in [-0.4, -0.2) is 21.7 Å². The summed E-state index contributed by atoms with van der Waals surface area (Å²) in [5.41, 5.74) is 0.821. The molecule has 7 heteroatoms. The van der Waals surface area contributed by atoms with E-state index in [9.17, 15) is 4.79 Å². The molecule has 0 atom stereocenters. The highest BCUT2D eigenvalue weighted by atomic mass is 35.5. The highest BCUT2D eigenvalue weighted by molar-refractivity contribution is 8.26. The zero-order valence-electron chi connectivity index (χ0n) is 13.6. The Morgan fingerprint density at radius 3 is 2.68 bits per heavy atom. The predicted octanol–water partition coefficient (Wildman–Crippen LogP) is 6.11. The molecule has 1 saturated heterocycles. The monoisotopic (exact) mass is 411 g/mol. The van der Waals surface area contributed by atoms with Gasteiger partial charge in [-0.15, -0.1) is 0 Å². The maximum atomic E-state index is 12.5. The van der Waals surface area contributed by atoms with Crippen LogP contribution < -0.4 is 0 Å². The molecule has 0 unspecified atom stereocenters. The molecule has 2 aromatic rings. The highest BCUT2D eigenvalue weighted by Gasteiger charge is 2.32. The molecule has 0 radical (unpaired) electrons. The second-order valence-corrected chi connectivity index (χ2v) is 8.51. The van der Waals surface area contributed by atoms with Crippen LogP contribution >= 0.6 is 47.2 Å². The van der Waals surface area contributed by atoms with E-state index in [4.69, 9.17) is 39.8 Å². The number of carbonyl (C=O) groups excluding carboxylic acids is 1. The molecule has 0 bridgehead atoms. The van der Waals surface area contributed by atoms with Crippen molar-refractivity contribution in [3.05, 3.63) is 51.0 Å². The fourth-order valence-corrected chi connectivity index (χ4v) is 3.94. The number of hydrogen-bond acceptors (Lipinski definition) is 4. The summed E-state index contributed by atoms with van der Waals surface area (Å²) < 4.78 is 6.41. The van der Waals surface area contributed by atoms with Crippen molar-refractivity contribution < 1.29 is 9.21 Å². The average molecular weight is 412 g/mol. The number of benzene rings is 1. The van der Waals surface area contributed by atoms with Crippen LogP contribution in [0.5, 0.6) is 0 Å². The molecule has 130 valence electrons. The number of carbonyl (C=O) groups is 1. The van der Waals surface area contributed by atoms with E-state index in [1.807, 2.05) is 18.2 Å². The molecule has 0 spiro atoms. The van der Waals surface area contributed by atoms with Gasteiger partial charge in [0, 0.05) is 18.2 Å². The van der Waals surface area contributed by atoms with Gasteiger partial charge in [0.25, 0.3) is 5.91 Å². The Labute approximate surface area is 166 Å². The Morgan fingerprint density at radius 2 is 2.00 bits per heavy atom. The quantitative estimate of drug-likeness (QED) is 0.448. The molecular formula is C18H15Cl2NO2S2. The van der Waals surface area contributed by atoms with Gasteiger partial charge >= 0.3 is 0 Å². The molecule has 3 nitrogen and oxygen atoms in total. The molecule has 3 rings (SSSR count). The number of hydrogen-bond donors (Lipinski definition) is 0. The summed E-state index contributed by atoms with van der Waals surface area (Å²) in [7, 11) is 0. The van der Waals surface area contributed by atoms with E-state index in [1.165, 1.54) is 11.8 Å². The zero-order valence-corrected chi connectivity index (χ0v) is 16.7. The van der Waals surface area contributed by atoms with Crippen molar-refractivity contribution in [1.29, 1.82) is 0 Å². The van der Waals surface area contributed by atoms with Gasteiger partial charge in [-0.3, -0.25) is 9.69 Å². The summed E-state index contributed by atoms with van der Waals surface area (Å²) >= 11 is 18.6. The minimum atomic E-state index is -0.0730. The molecule has 0 N–H and O–H groups in total. The maximum Gasteiger partial charge on any atom is 0.266 e. The molecule has 2 heterocycles. The number of rotatable bonds is 4. The number of thiocarbonyl (C=S) groups is 1. The molecule has 1 aromatic heterocycles. The van der Waals surface area contributed by atoms with Crippen LogP contribution in [0.3, 0.4) is 0 Å². The molecule has 1 aliphatic rings. The molecule has 1 fully saturated rings. The largest absolute Gasteiger partial charge is 0.457 e. The minimum Gasteiger partial charge on any atom is -0.457 e. The highest BCUT2D eigenvalue weighted by Crippen LogP contribution is 2.34. The van der Waals surface area contributed by atoms with Gasteiger partial charge in [-0.2, -0.15) is 0 Å². The normalized spacial score (nSPS) is 16.5. The van der Waals surface area contributed by atoms with E-state index >= 15 is 0 Å². The summed E-state index contributed by atoms with van der Waals surface area (Å²) in [6.07, 6.45) is 1.72. The van der Waals surface area contributed by atoms with E-state index in [0.29, 0.717) is 43.3 Å². The number of furan rings is 1. The number of nitrogens with zero attached hydrogens (tertiary/aromatic N) is 1. The van der Waals surface area contributed by atoms with E-state index in [2.05, 4.69) is 13.8 Å². The third-order valence-corrected chi connectivity index (χ3v) is 5.64. The third kappa shape index (κ3) is 4.11. The van der Waals surface area contributed by atoms with Crippen molar-refractivity contribution in [2.24, 2.45) is 5.92 Å². The molecule has 1 aromatic carbocycles. The summed E-state index contributed by atoms with van der Waals surface area (Å²) in [5, 5.41) is 0.956. The lowest BCUT2D eigenvalue weighted by atomic mass is 10.2. The van der Waals surface area contributed by atoms with Crippen LogP contribution in [-0.2, 0) is 4.79 Å². The van der Waals surface area contributed by atoms with E-state index < -0.39 is 0 Å². The van der Waals surface area contributed by atoms with Crippen LogP contribution in [0.15, 0.2) is 39.7 Å². The van der Waals surface area contributed by atoms with Crippen LogP contribution in [0.4, 0.5) is 0 Å². The summed E-state index contributed by atoms with van der Waals surface area (Å²) in [4.78, 5) is 14.7. The first-order valence-electron chi connectivity index (χ1n) is 7.66. The maximum absolute atomic E-state index is 12.5. The van der Waals surface area contributed by atoms with Gasteiger partial charge in [0.1, 0.15) is 15.8 Å². The van der Waals surface area contributed by atoms with Crippen LogP contribution in [0, 0.1) is 5.92 Å². The van der Waals surface area contributed by atoms with Gasteiger partial charge in [0.15, 0.2) is 0 Å². The lowest BCUT2D eigenvalue weighted by Gasteiger charge is -2.16. The van der Waals surface area contributed by atoms with Gasteiger partial charge < -0.3 is 4.42 Å². The standard InChI is InChI=1S/C18H15Cl2NO2S2/c1-10(2)9-21-17(22)16(25-18(21)24)8-12-4-6-15(23-12)11-3-5-13(19)14(20)7-11/h3-8,10H,9H2,1-2H3/b16-8+. The van der Waals surface area contributed by atoms with Gasteiger partial charge in [0.2, 0.25) is 0 Å². The van der Waals surface area contributed by atoms with Crippen molar-refractivity contribution in [2.45, 2.75) is 13.8 Å². The van der Waals surface area contributed by atoms with Gasteiger partial charge in [0.05, 0.1) is 15.0 Å². The van der Waals surface area contributed by atoms with Gasteiger partial charge in [-0.1, -0.05) is 61.0 Å². The molecular weight excluding hydrogens is 397 g/mol. The first-order valence-corrected chi connectivity index (χ1v) is 9.64. The van der Waals surface area contributed by atoms with Crippen molar-refractivity contribution in [2.75, 3.05) is 6.54 Å². The fourth-order valence-electron chi connectivity index (χ4n) is 2.39. The van der Waals surface area contributed by atoms with Crippen molar-refractivity contribution in [1.82, 2.24) is 4.90 Å². The predicted molar refractivity (Wildman–Crippen MR) is 109 cm³/mol. The minimum absolute atomic E-state index is 0.0730. The van der Waals surface area contributed by atoms with E-state index in [0.717, 1.165) is 5.56 Å². The van der Waals surface area contributed by atoms with Gasteiger partial charge in [-0.25, -0.2) is 0 Å². The topological polar surface area (TPSA) is 33.5 Å². The summed E-state index contributed by atoms with van der Waals surface area (Å²) in [6, 6.07) is 8.94. The zero-order chi connectivity index (χ0) is 18.1. The molecule has 0 aliphatic carbocycles. The number of amides is 1. The number of halogens is 2. The van der Waals surface area contributed by atoms with Crippen LogP contribution in [0.25, 0.3) is 17.4 Å². The Kier molecular flexibility index (Phi) is 5.58. The molecule has 0 saturated carbocycles. The second-order valence-electron chi connectivity index (χ2n) is 6.02. The molecule has 1 aliphatic heterocycles. The average Bonchev–Trinajstić information content (AvgIpc) is 3.11. The second kappa shape index (κ2) is 7.54. The van der Waals surface area contributed by atoms with E-state index in [1.54, 1.807) is 23.1 Å². The number of thioether (sulfide) groups is 1. The smallest absolute Gasteiger partial charge is 0.266 e. The Morgan fingerprint density at radius 1 is 1.24 bits per heavy atom. The van der Waals surface area contributed by atoms with E-state index in [-0.39, 0.29) is 5.91 Å². The summed E-state index contributed by atoms with van der Waals surface area (Å²) in [5.74, 6) is 1.52. The van der Waals surface area contributed by atoms with Crippen molar-refractivity contribution >= 4 is 63.5 Å². The fraction of sp³-hybridized carbons (Fsp3) is 0.222. The van der Waals surface area contributed by atoms with Crippen molar-refractivity contribution in [3.8, 4) is 11.3 Å². The SMILES string of the molecule is CC(C)CN1C(=O)/C(=C\c2ccc(-c3ccc(Cl)c(Cl)c3)o2)SC1=S. The third-order valence-electron chi connectivity index (χ3n) is 3.53. The van der Waals surface area contributed by atoms with Crippen molar-refractivity contribution in [3.63, 3.8) is 0 Å². The summed E-state index contributed by atoms with van der Waals surface area (Å²) in [6.45, 7) is 4.73. The van der Waals surface area contributed by atoms with Gasteiger partial charge in [-0.05, 0) is 36.2 Å².